The molecule has 0 saturated carbocycles. The quantitative estimate of drug-likeness (QED) is 0.713. The second-order valence-corrected chi connectivity index (χ2v) is 4.53. The van der Waals surface area contributed by atoms with E-state index in [0.29, 0.717) is 12.1 Å². The van der Waals surface area contributed by atoms with Gasteiger partial charge in [-0.25, -0.2) is 0 Å². The molecule has 3 N–H and O–H groups in total. The summed E-state index contributed by atoms with van der Waals surface area (Å²) in [6.07, 6.45) is 0.568. The van der Waals surface area contributed by atoms with E-state index in [4.69, 9.17) is 5.11 Å². The number of aryl methyl sites for hydroxylation is 2. The Hall–Kier alpha value is -1.88. The Kier molecular flexibility index (Phi) is 5.51. The molecule has 0 unspecified atom stereocenters. The van der Waals surface area contributed by atoms with E-state index < -0.39 is 17.9 Å². The maximum Gasteiger partial charge on any atom is 0.313 e. The molecule has 0 aliphatic heterocycles. The van der Waals surface area contributed by atoms with Gasteiger partial charge in [-0.15, -0.1) is 0 Å². The largest absolute Gasteiger partial charge is 0.394 e. The molecule has 0 aromatic heterocycles. The molecule has 5 nitrogen and oxygen atoms in total. The molecule has 0 fully saturated rings. The van der Waals surface area contributed by atoms with Crippen molar-refractivity contribution in [1.29, 1.82) is 0 Å². The summed E-state index contributed by atoms with van der Waals surface area (Å²) >= 11 is 0. The summed E-state index contributed by atoms with van der Waals surface area (Å²) in [5.74, 6) is -1.46. The van der Waals surface area contributed by atoms with Crippen molar-refractivity contribution in [3.05, 3.63) is 29.3 Å². The van der Waals surface area contributed by atoms with Gasteiger partial charge in [0.05, 0.1) is 12.6 Å². The molecular weight excluding hydrogens is 244 g/mol. The molecule has 1 rings (SSSR count). The standard InChI is InChI=1S/C14H20N2O3/c1-4-11(8-17)15-13(18)14(19)16-12-7-9(2)5-6-10(12)3/h5-7,11,17H,4,8H2,1-3H3,(H,15,18)(H,16,19)/t11-/m1/s1. The lowest BCUT2D eigenvalue weighted by molar-refractivity contribution is -0.136. The normalized spacial score (nSPS) is 11.8. The first kappa shape index (κ1) is 15.2. The summed E-state index contributed by atoms with van der Waals surface area (Å²) in [5.41, 5.74) is 2.52. The number of amides is 2. The summed E-state index contributed by atoms with van der Waals surface area (Å²) in [5, 5.41) is 14.0. The second-order valence-electron chi connectivity index (χ2n) is 4.53. The van der Waals surface area contributed by atoms with E-state index in [2.05, 4.69) is 10.6 Å². The van der Waals surface area contributed by atoms with E-state index in [0.717, 1.165) is 11.1 Å². The van der Waals surface area contributed by atoms with E-state index in [-0.39, 0.29) is 6.61 Å². The Balaban J connectivity index is 2.69. The van der Waals surface area contributed by atoms with Crippen molar-refractivity contribution in [1.82, 2.24) is 5.32 Å². The fourth-order valence-electron chi connectivity index (χ4n) is 1.58. The molecule has 2 amide bonds. The number of aliphatic hydroxyl groups is 1. The molecule has 0 spiro atoms. The Labute approximate surface area is 113 Å². The second kappa shape index (κ2) is 6.89. The first-order valence-corrected chi connectivity index (χ1v) is 6.27. The minimum Gasteiger partial charge on any atom is -0.394 e. The number of benzene rings is 1. The summed E-state index contributed by atoms with van der Waals surface area (Å²) in [6.45, 7) is 5.41. The lowest BCUT2D eigenvalue weighted by atomic mass is 10.1. The lowest BCUT2D eigenvalue weighted by Gasteiger charge is -2.14. The Morgan fingerprint density at radius 2 is 1.95 bits per heavy atom. The monoisotopic (exact) mass is 264 g/mol. The molecule has 0 radical (unpaired) electrons. The SMILES string of the molecule is CC[C@H](CO)NC(=O)C(=O)Nc1cc(C)ccc1C. The van der Waals surface area contributed by atoms with Gasteiger partial charge in [0.2, 0.25) is 0 Å². The summed E-state index contributed by atoms with van der Waals surface area (Å²) in [4.78, 5) is 23.4. The van der Waals surface area contributed by atoms with Crippen molar-refractivity contribution >= 4 is 17.5 Å². The van der Waals surface area contributed by atoms with Crippen molar-refractivity contribution < 1.29 is 14.7 Å². The van der Waals surface area contributed by atoms with Gasteiger partial charge in [0.25, 0.3) is 0 Å². The van der Waals surface area contributed by atoms with Crippen LogP contribution in [0.2, 0.25) is 0 Å². The van der Waals surface area contributed by atoms with E-state index >= 15 is 0 Å². The third-order valence-corrected chi connectivity index (χ3v) is 2.90. The minimum absolute atomic E-state index is 0.182. The lowest BCUT2D eigenvalue weighted by Crippen LogP contribution is -2.43. The number of anilines is 1. The number of nitrogens with one attached hydrogen (secondary N) is 2. The summed E-state index contributed by atoms with van der Waals surface area (Å²) in [7, 11) is 0. The predicted molar refractivity (Wildman–Crippen MR) is 73.9 cm³/mol. The van der Waals surface area contributed by atoms with Gasteiger partial charge < -0.3 is 15.7 Å². The molecule has 0 aliphatic rings. The summed E-state index contributed by atoms with van der Waals surface area (Å²) in [6, 6.07) is 5.23. The Morgan fingerprint density at radius 1 is 1.26 bits per heavy atom. The average Bonchev–Trinajstić information content (AvgIpc) is 2.39. The predicted octanol–water partition coefficient (Wildman–Crippen LogP) is 1.13. The minimum atomic E-state index is -0.734. The van der Waals surface area contributed by atoms with Crippen LogP contribution in [0.3, 0.4) is 0 Å². The van der Waals surface area contributed by atoms with Crippen molar-refractivity contribution in [2.24, 2.45) is 0 Å². The maximum absolute atomic E-state index is 11.7. The van der Waals surface area contributed by atoms with Crippen molar-refractivity contribution in [3.8, 4) is 0 Å². The Bertz CT molecular complexity index is 468. The van der Waals surface area contributed by atoms with Gasteiger partial charge in [-0.1, -0.05) is 19.1 Å². The highest BCUT2D eigenvalue weighted by Gasteiger charge is 2.17. The van der Waals surface area contributed by atoms with Crippen molar-refractivity contribution in [2.45, 2.75) is 33.2 Å². The highest BCUT2D eigenvalue weighted by molar-refractivity contribution is 6.39. The van der Waals surface area contributed by atoms with Gasteiger partial charge in [0.1, 0.15) is 0 Å². The van der Waals surface area contributed by atoms with E-state index in [1.165, 1.54) is 0 Å². The van der Waals surface area contributed by atoms with Gasteiger partial charge in [-0.05, 0) is 37.5 Å². The van der Waals surface area contributed by atoms with Crippen LogP contribution in [-0.2, 0) is 9.59 Å². The fourth-order valence-corrected chi connectivity index (χ4v) is 1.58. The van der Waals surface area contributed by atoms with Crippen molar-refractivity contribution in [3.63, 3.8) is 0 Å². The maximum atomic E-state index is 11.7. The van der Waals surface area contributed by atoms with Crippen LogP contribution in [0.1, 0.15) is 24.5 Å². The zero-order valence-electron chi connectivity index (χ0n) is 11.5. The third-order valence-electron chi connectivity index (χ3n) is 2.90. The molecular formula is C14H20N2O3. The van der Waals surface area contributed by atoms with Gasteiger partial charge in [-0.3, -0.25) is 9.59 Å². The van der Waals surface area contributed by atoms with E-state index in [1.807, 2.05) is 39.0 Å². The van der Waals surface area contributed by atoms with Gasteiger partial charge >= 0.3 is 11.8 Å². The van der Waals surface area contributed by atoms with Crippen LogP contribution in [0, 0.1) is 13.8 Å². The Morgan fingerprint density at radius 3 is 2.53 bits per heavy atom. The van der Waals surface area contributed by atoms with Crippen LogP contribution in [0.4, 0.5) is 5.69 Å². The molecule has 0 aliphatic carbocycles. The molecule has 0 heterocycles. The van der Waals surface area contributed by atoms with Crippen LogP contribution in [0.15, 0.2) is 18.2 Å². The highest BCUT2D eigenvalue weighted by atomic mass is 16.3. The number of hydrogen-bond donors (Lipinski definition) is 3. The van der Waals surface area contributed by atoms with Crippen LogP contribution >= 0.6 is 0 Å². The molecule has 0 saturated heterocycles. The molecule has 5 heteroatoms. The summed E-state index contributed by atoms with van der Waals surface area (Å²) < 4.78 is 0. The average molecular weight is 264 g/mol. The van der Waals surface area contributed by atoms with E-state index in [9.17, 15) is 9.59 Å². The van der Waals surface area contributed by atoms with Crippen LogP contribution in [0.5, 0.6) is 0 Å². The van der Waals surface area contributed by atoms with Crippen LogP contribution in [0.25, 0.3) is 0 Å². The number of hydrogen-bond acceptors (Lipinski definition) is 3. The first-order valence-electron chi connectivity index (χ1n) is 6.27. The molecule has 1 atom stereocenters. The zero-order chi connectivity index (χ0) is 14.4. The van der Waals surface area contributed by atoms with Crippen molar-refractivity contribution in [2.75, 3.05) is 11.9 Å². The van der Waals surface area contributed by atoms with Crippen LogP contribution < -0.4 is 10.6 Å². The van der Waals surface area contributed by atoms with Gasteiger partial charge in [0.15, 0.2) is 0 Å². The molecule has 19 heavy (non-hydrogen) atoms. The topological polar surface area (TPSA) is 78.4 Å². The number of aliphatic hydroxyl groups excluding tert-OH is 1. The van der Waals surface area contributed by atoms with Gasteiger partial charge in [0, 0.05) is 5.69 Å². The molecule has 104 valence electrons. The highest BCUT2D eigenvalue weighted by Crippen LogP contribution is 2.16. The number of carbonyl (C=O) groups is 2. The van der Waals surface area contributed by atoms with E-state index in [1.54, 1.807) is 0 Å². The van der Waals surface area contributed by atoms with Crippen LogP contribution in [-0.4, -0.2) is 29.6 Å². The van der Waals surface area contributed by atoms with Gasteiger partial charge in [-0.2, -0.15) is 0 Å². The zero-order valence-corrected chi connectivity index (χ0v) is 11.5. The number of rotatable bonds is 4. The molecule has 0 bridgehead atoms. The fraction of sp³-hybridized carbons (Fsp3) is 0.429. The number of carbonyl (C=O) groups excluding carboxylic acids is 2. The third kappa shape index (κ3) is 4.37. The first-order chi connectivity index (χ1) is 8.97. The molecule has 1 aromatic carbocycles. The molecule has 1 aromatic rings. The smallest absolute Gasteiger partial charge is 0.313 e.